The summed E-state index contributed by atoms with van der Waals surface area (Å²) in [4.78, 5) is 4.20. The lowest BCUT2D eigenvalue weighted by Gasteiger charge is -2.08. The van der Waals surface area contributed by atoms with Gasteiger partial charge in [0.25, 0.3) is 0 Å². The van der Waals surface area contributed by atoms with Gasteiger partial charge in [0.05, 0.1) is 0 Å². The second-order valence-corrected chi connectivity index (χ2v) is 4.61. The fourth-order valence-corrected chi connectivity index (χ4v) is 2.18. The van der Waals surface area contributed by atoms with E-state index >= 15 is 0 Å². The molecule has 0 saturated carbocycles. The van der Waals surface area contributed by atoms with Crippen molar-refractivity contribution in [2.45, 2.75) is 18.9 Å². The summed E-state index contributed by atoms with van der Waals surface area (Å²) in [5.41, 5.74) is 0.607. The van der Waals surface area contributed by atoms with Crippen molar-refractivity contribution in [1.29, 1.82) is 0 Å². The standard InChI is InChI=1S/C13H15FN4O/c14-10-4-1-3-9(7-10)12-17-13(19-18-12)16-8-11-5-2-6-15-11/h1,3-4,7,11,15H,2,5-6,8H2,(H,16,17,18). The van der Waals surface area contributed by atoms with E-state index in [-0.39, 0.29) is 5.82 Å². The highest BCUT2D eigenvalue weighted by molar-refractivity contribution is 5.55. The smallest absolute Gasteiger partial charge is 0.321 e. The molecule has 0 aliphatic carbocycles. The maximum absolute atomic E-state index is 13.1. The molecule has 2 heterocycles. The summed E-state index contributed by atoms with van der Waals surface area (Å²) in [6.07, 6.45) is 2.35. The number of nitrogens with one attached hydrogen (secondary N) is 2. The number of hydrogen-bond acceptors (Lipinski definition) is 5. The summed E-state index contributed by atoms with van der Waals surface area (Å²) in [6, 6.07) is 6.95. The zero-order valence-corrected chi connectivity index (χ0v) is 10.4. The molecule has 6 heteroatoms. The highest BCUT2D eigenvalue weighted by Gasteiger charge is 2.15. The second kappa shape index (κ2) is 5.36. The summed E-state index contributed by atoms with van der Waals surface area (Å²) in [7, 11) is 0. The van der Waals surface area contributed by atoms with E-state index in [2.05, 4.69) is 20.8 Å². The van der Waals surface area contributed by atoms with Crippen LogP contribution in [0.2, 0.25) is 0 Å². The van der Waals surface area contributed by atoms with Crippen molar-refractivity contribution in [3.63, 3.8) is 0 Å². The minimum Gasteiger partial charge on any atom is -0.336 e. The summed E-state index contributed by atoms with van der Waals surface area (Å²) in [5.74, 6) is 0.0772. The molecule has 0 amide bonds. The fraction of sp³-hybridized carbons (Fsp3) is 0.385. The number of nitrogens with zero attached hydrogens (tertiary/aromatic N) is 2. The molecule has 1 aromatic carbocycles. The van der Waals surface area contributed by atoms with Gasteiger partial charge in [-0.3, -0.25) is 0 Å². The number of anilines is 1. The monoisotopic (exact) mass is 262 g/mol. The van der Waals surface area contributed by atoms with Crippen LogP contribution in [0.15, 0.2) is 28.8 Å². The molecule has 0 spiro atoms. The van der Waals surface area contributed by atoms with Crippen LogP contribution in [0.25, 0.3) is 11.4 Å². The van der Waals surface area contributed by atoms with Gasteiger partial charge in [-0.1, -0.05) is 17.3 Å². The number of aromatic nitrogens is 2. The number of halogens is 1. The lowest BCUT2D eigenvalue weighted by Crippen LogP contribution is -2.29. The highest BCUT2D eigenvalue weighted by Crippen LogP contribution is 2.18. The molecule has 5 nitrogen and oxygen atoms in total. The first-order valence-corrected chi connectivity index (χ1v) is 6.38. The SMILES string of the molecule is Fc1cccc(-c2noc(NCC3CCCN3)n2)c1. The first-order chi connectivity index (χ1) is 9.31. The lowest BCUT2D eigenvalue weighted by molar-refractivity contribution is 0.429. The van der Waals surface area contributed by atoms with Gasteiger partial charge >= 0.3 is 6.01 Å². The number of rotatable bonds is 4. The van der Waals surface area contributed by atoms with E-state index in [1.54, 1.807) is 12.1 Å². The summed E-state index contributed by atoms with van der Waals surface area (Å²) >= 11 is 0. The molecule has 1 saturated heterocycles. The molecule has 3 rings (SSSR count). The molecule has 1 aromatic heterocycles. The van der Waals surface area contributed by atoms with E-state index in [9.17, 15) is 4.39 Å². The average Bonchev–Trinajstić information content (AvgIpc) is 3.08. The van der Waals surface area contributed by atoms with E-state index in [0.29, 0.717) is 23.4 Å². The van der Waals surface area contributed by atoms with Gasteiger partial charge in [0.1, 0.15) is 5.82 Å². The van der Waals surface area contributed by atoms with Crippen molar-refractivity contribution >= 4 is 6.01 Å². The van der Waals surface area contributed by atoms with Crippen LogP contribution in [0.3, 0.4) is 0 Å². The van der Waals surface area contributed by atoms with Crippen LogP contribution in [0, 0.1) is 5.82 Å². The Bertz CT molecular complexity index is 551. The van der Waals surface area contributed by atoms with Crippen LogP contribution in [0.4, 0.5) is 10.4 Å². The maximum Gasteiger partial charge on any atom is 0.321 e. The van der Waals surface area contributed by atoms with E-state index in [1.165, 1.54) is 18.6 Å². The average molecular weight is 262 g/mol. The molecule has 1 atom stereocenters. The molecule has 1 aliphatic rings. The van der Waals surface area contributed by atoms with Gasteiger partial charge in [0, 0.05) is 18.2 Å². The molecule has 1 unspecified atom stereocenters. The molecule has 0 radical (unpaired) electrons. The predicted molar refractivity (Wildman–Crippen MR) is 69.2 cm³/mol. The highest BCUT2D eigenvalue weighted by atomic mass is 19.1. The van der Waals surface area contributed by atoms with E-state index in [1.807, 2.05) is 0 Å². The second-order valence-electron chi connectivity index (χ2n) is 4.61. The molecule has 2 aromatic rings. The maximum atomic E-state index is 13.1. The third-order valence-corrected chi connectivity index (χ3v) is 3.17. The van der Waals surface area contributed by atoms with Crippen molar-refractivity contribution in [3.8, 4) is 11.4 Å². The molecule has 1 fully saturated rings. The molecule has 100 valence electrons. The van der Waals surface area contributed by atoms with Crippen molar-refractivity contribution in [2.24, 2.45) is 0 Å². The topological polar surface area (TPSA) is 63.0 Å². The van der Waals surface area contributed by atoms with Gasteiger partial charge in [-0.25, -0.2) is 4.39 Å². The van der Waals surface area contributed by atoms with E-state index in [0.717, 1.165) is 19.5 Å². The summed E-state index contributed by atoms with van der Waals surface area (Å²) < 4.78 is 18.2. The van der Waals surface area contributed by atoms with Crippen LogP contribution in [0.1, 0.15) is 12.8 Å². The Kier molecular flexibility index (Phi) is 3.41. The van der Waals surface area contributed by atoms with Gasteiger partial charge in [-0.15, -0.1) is 0 Å². The largest absolute Gasteiger partial charge is 0.336 e. The van der Waals surface area contributed by atoms with Crippen LogP contribution < -0.4 is 10.6 Å². The van der Waals surface area contributed by atoms with Crippen molar-refractivity contribution in [2.75, 3.05) is 18.4 Å². The van der Waals surface area contributed by atoms with Crippen molar-refractivity contribution in [3.05, 3.63) is 30.1 Å². The Morgan fingerprint density at radius 2 is 2.42 bits per heavy atom. The van der Waals surface area contributed by atoms with Crippen LogP contribution in [0.5, 0.6) is 0 Å². The van der Waals surface area contributed by atoms with Gasteiger partial charge in [-0.05, 0) is 31.5 Å². The van der Waals surface area contributed by atoms with E-state index < -0.39 is 0 Å². The Balaban J connectivity index is 1.65. The first-order valence-electron chi connectivity index (χ1n) is 6.38. The predicted octanol–water partition coefficient (Wildman–Crippen LogP) is 2.04. The van der Waals surface area contributed by atoms with Crippen molar-refractivity contribution < 1.29 is 8.91 Å². The van der Waals surface area contributed by atoms with Crippen LogP contribution >= 0.6 is 0 Å². The summed E-state index contributed by atoms with van der Waals surface area (Å²) in [6.45, 7) is 1.81. The molecule has 1 aliphatic heterocycles. The zero-order chi connectivity index (χ0) is 13.1. The minimum atomic E-state index is -0.313. The Morgan fingerprint density at radius 3 is 3.21 bits per heavy atom. The molecular weight excluding hydrogens is 247 g/mol. The van der Waals surface area contributed by atoms with Gasteiger partial charge in [0.2, 0.25) is 5.82 Å². The van der Waals surface area contributed by atoms with Gasteiger partial charge < -0.3 is 15.2 Å². The number of hydrogen-bond donors (Lipinski definition) is 2. The molecule has 0 bridgehead atoms. The van der Waals surface area contributed by atoms with Gasteiger partial charge in [-0.2, -0.15) is 4.98 Å². The van der Waals surface area contributed by atoms with Crippen LogP contribution in [-0.4, -0.2) is 29.3 Å². The number of benzene rings is 1. The normalized spacial score (nSPS) is 18.7. The Hall–Kier alpha value is -1.95. The Labute approximate surface area is 110 Å². The first kappa shape index (κ1) is 12.1. The lowest BCUT2D eigenvalue weighted by atomic mass is 10.2. The minimum absolute atomic E-state index is 0.313. The summed E-state index contributed by atoms with van der Waals surface area (Å²) in [5, 5.41) is 10.3. The quantitative estimate of drug-likeness (QED) is 0.882. The Morgan fingerprint density at radius 1 is 1.47 bits per heavy atom. The van der Waals surface area contributed by atoms with E-state index in [4.69, 9.17) is 4.52 Å². The zero-order valence-electron chi connectivity index (χ0n) is 10.4. The fourth-order valence-electron chi connectivity index (χ4n) is 2.18. The molecule has 2 N–H and O–H groups in total. The van der Waals surface area contributed by atoms with Crippen LogP contribution in [-0.2, 0) is 0 Å². The molecular formula is C13H15FN4O. The third kappa shape index (κ3) is 2.90. The molecule has 19 heavy (non-hydrogen) atoms. The van der Waals surface area contributed by atoms with Crippen molar-refractivity contribution in [1.82, 2.24) is 15.5 Å². The van der Waals surface area contributed by atoms with Gasteiger partial charge in [0.15, 0.2) is 0 Å². The third-order valence-electron chi connectivity index (χ3n) is 3.17.